The van der Waals surface area contributed by atoms with Gasteiger partial charge < -0.3 is 4.57 Å². The molecule has 0 unspecified atom stereocenters. The van der Waals surface area contributed by atoms with Crippen LogP contribution < -0.4 is 0 Å². The van der Waals surface area contributed by atoms with Crippen molar-refractivity contribution in [2.24, 2.45) is 0 Å². The van der Waals surface area contributed by atoms with Crippen LogP contribution in [0.2, 0.25) is 0 Å². The van der Waals surface area contributed by atoms with Crippen LogP contribution in [0.1, 0.15) is 0 Å². The standard InChI is InChI=1S/C34H19NS2/c1-2-10-21-20(9-1)19-29(23-12-4-3-11-22(21)23)35-28-15-7-5-13-24(28)25-17-18-27-31-26-14-6-8-16-30(26)36-34(31)37-33(27)32(25)35/h1-19H. The van der Waals surface area contributed by atoms with Gasteiger partial charge in [0.2, 0.25) is 0 Å². The van der Waals surface area contributed by atoms with Crippen molar-refractivity contribution >= 4 is 95.6 Å². The molecule has 0 saturated carbocycles. The Morgan fingerprint density at radius 3 is 2.05 bits per heavy atom. The Bertz CT molecular complexity index is 2360. The Morgan fingerprint density at radius 1 is 0.486 bits per heavy atom. The van der Waals surface area contributed by atoms with Gasteiger partial charge in [-0.25, -0.2) is 0 Å². The summed E-state index contributed by atoms with van der Waals surface area (Å²) in [7, 11) is 0. The lowest BCUT2D eigenvalue weighted by atomic mass is 10.00. The predicted molar refractivity (Wildman–Crippen MR) is 164 cm³/mol. The van der Waals surface area contributed by atoms with Crippen molar-refractivity contribution in [3.8, 4) is 5.69 Å². The van der Waals surface area contributed by atoms with E-state index >= 15 is 0 Å². The van der Waals surface area contributed by atoms with E-state index in [1.165, 1.54) is 78.6 Å². The number of aromatic nitrogens is 1. The molecule has 3 heteroatoms. The van der Waals surface area contributed by atoms with Gasteiger partial charge in [-0.3, -0.25) is 0 Å². The lowest BCUT2D eigenvalue weighted by Crippen LogP contribution is -1.96. The molecule has 3 aromatic heterocycles. The fourth-order valence-corrected chi connectivity index (χ4v) is 8.96. The van der Waals surface area contributed by atoms with Gasteiger partial charge in [0.25, 0.3) is 0 Å². The van der Waals surface area contributed by atoms with Gasteiger partial charge in [0.1, 0.15) is 0 Å². The molecular weight excluding hydrogens is 487 g/mol. The average molecular weight is 506 g/mol. The second kappa shape index (κ2) is 7.19. The third-order valence-electron chi connectivity index (χ3n) is 7.80. The van der Waals surface area contributed by atoms with Crippen molar-refractivity contribution in [3.63, 3.8) is 0 Å². The van der Waals surface area contributed by atoms with E-state index in [0.717, 1.165) is 0 Å². The summed E-state index contributed by atoms with van der Waals surface area (Å²) >= 11 is 3.87. The number of rotatable bonds is 1. The number of benzene rings is 6. The van der Waals surface area contributed by atoms with E-state index in [9.17, 15) is 0 Å². The number of hydrogen-bond acceptors (Lipinski definition) is 2. The van der Waals surface area contributed by atoms with Gasteiger partial charge in [-0.05, 0) is 34.4 Å². The molecule has 0 aliphatic heterocycles. The summed E-state index contributed by atoms with van der Waals surface area (Å²) in [6.07, 6.45) is 0. The van der Waals surface area contributed by atoms with Gasteiger partial charge in [-0.2, -0.15) is 0 Å². The Labute approximate surface area is 220 Å². The fraction of sp³-hybridized carbons (Fsp3) is 0. The molecule has 0 aliphatic carbocycles. The maximum atomic E-state index is 2.53. The minimum atomic E-state index is 1.25. The van der Waals surface area contributed by atoms with Crippen LogP contribution in [0.25, 0.3) is 78.6 Å². The molecule has 0 N–H and O–H groups in total. The Kier molecular flexibility index (Phi) is 3.88. The maximum absolute atomic E-state index is 2.53. The fourth-order valence-electron chi connectivity index (χ4n) is 6.24. The Hall–Kier alpha value is -4.18. The normalized spacial score (nSPS) is 12.3. The van der Waals surface area contributed by atoms with Crippen molar-refractivity contribution in [1.82, 2.24) is 4.57 Å². The monoisotopic (exact) mass is 505 g/mol. The first-order chi connectivity index (χ1) is 18.4. The van der Waals surface area contributed by atoms with Gasteiger partial charge in [0.15, 0.2) is 0 Å². The van der Waals surface area contributed by atoms with Crippen molar-refractivity contribution in [1.29, 1.82) is 0 Å². The Morgan fingerprint density at radius 2 is 1.16 bits per heavy atom. The van der Waals surface area contributed by atoms with Crippen LogP contribution in [0.3, 0.4) is 0 Å². The number of hydrogen-bond donors (Lipinski definition) is 0. The molecule has 9 aromatic rings. The molecule has 1 nitrogen and oxygen atoms in total. The van der Waals surface area contributed by atoms with Crippen LogP contribution in [0.15, 0.2) is 115 Å². The van der Waals surface area contributed by atoms with Gasteiger partial charge in [-0.1, -0.05) is 97.1 Å². The smallest absolute Gasteiger partial charge is 0.0891 e. The summed E-state index contributed by atoms with van der Waals surface area (Å²) in [5.74, 6) is 0. The topological polar surface area (TPSA) is 4.93 Å². The van der Waals surface area contributed by atoms with Crippen LogP contribution in [0.5, 0.6) is 0 Å². The predicted octanol–water partition coefficient (Wildman–Crippen LogP) is 10.7. The number of fused-ring (bicyclic) bond motifs is 12. The molecule has 0 fully saturated rings. The third kappa shape index (κ3) is 2.58. The molecular formula is C34H19NS2. The highest BCUT2D eigenvalue weighted by atomic mass is 32.2. The van der Waals surface area contributed by atoms with E-state index in [-0.39, 0.29) is 0 Å². The summed E-state index contributed by atoms with van der Waals surface area (Å²) in [5.41, 5.74) is 3.82. The van der Waals surface area contributed by atoms with Crippen LogP contribution in [-0.2, 0) is 0 Å². The molecule has 0 saturated heterocycles. The zero-order valence-corrected chi connectivity index (χ0v) is 21.4. The molecule has 9 rings (SSSR count). The van der Waals surface area contributed by atoms with Gasteiger partial charge in [0.05, 0.1) is 25.4 Å². The van der Waals surface area contributed by atoms with Gasteiger partial charge >= 0.3 is 0 Å². The van der Waals surface area contributed by atoms with Gasteiger partial charge in [-0.15, -0.1) is 22.7 Å². The molecule has 172 valence electrons. The molecule has 3 heterocycles. The van der Waals surface area contributed by atoms with E-state index in [4.69, 9.17) is 0 Å². The quantitative estimate of drug-likeness (QED) is 0.196. The third-order valence-corrected chi connectivity index (χ3v) is 10.3. The molecule has 0 spiro atoms. The minimum Gasteiger partial charge on any atom is -0.307 e. The number of thiophene rings is 2. The first-order valence-electron chi connectivity index (χ1n) is 12.5. The minimum absolute atomic E-state index is 1.25. The second-order valence-electron chi connectivity index (χ2n) is 9.72. The first kappa shape index (κ1) is 19.9. The molecule has 0 radical (unpaired) electrons. The van der Waals surface area contributed by atoms with E-state index in [1.54, 1.807) is 0 Å². The summed E-state index contributed by atoms with van der Waals surface area (Å²) in [4.78, 5) is 0. The SMILES string of the molecule is c1ccc2c(c1)cc(-n1c3ccccc3c3ccc4c(sc5sc6ccccc6c54)c31)c1ccccc12. The van der Waals surface area contributed by atoms with Crippen LogP contribution >= 0.6 is 22.7 Å². The van der Waals surface area contributed by atoms with E-state index in [2.05, 4.69) is 120 Å². The molecule has 0 bridgehead atoms. The first-order valence-corrected chi connectivity index (χ1v) is 14.2. The van der Waals surface area contributed by atoms with Crippen molar-refractivity contribution in [2.45, 2.75) is 0 Å². The molecule has 6 aromatic carbocycles. The van der Waals surface area contributed by atoms with E-state index < -0.39 is 0 Å². The highest BCUT2D eigenvalue weighted by Gasteiger charge is 2.21. The summed E-state index contributed by atoms with van der Waals surface area (Å²) in [5, 5.41) is 11.9. The lowest BCUT2D eigenvalue weighted by Gasteiger charge is -2.14. The van der Waals surface area contributed by atoms with Crippen LogP contribution in [0.4, 0.5) is 0 Å². The van der Waals surface area contributed by atoms with Crippen molar-refractivity contribution < 1.29 is 0 Å². The maximum Gasteiger partial charge on any atom is 0.0891 e. The Balaban J connectivity index is 1.54. The summed E-state index contributed by atoms with van der Waals surface area (Å²) in [6, 6.07) is 42.4. The zero-order valence-electron chi connectivity index (χ0n) is 19.7. The van der Waals surface area contributed by atoms with Crippen molar-refractivity contribution in [3.05, 3.63) is 115 Å². The molecule has 0 atom stereocenters. The molecule has 0 aliphatic rings. The number of nitrogens with zero attached hydrogens (tertiary/aromatic N) is 1. The van der Waals surface area contributed by atoms with E-state index in [1.807, 2.05) is 22.7 Å². The molecule has 37 heavy (non-hydrogen) atoms. The second-order valence-corrected chi connectivity index (χ2v) is 12.0. The van der Waals surface area contributed by atoms with Crippen LogP contribution in [0, 0.1) is 0 Å². The van der Waals surface area contributed by atoms with Crippen LogP contribution in [-0.4, -0.2) is 4.57 Å². The van der Waals surface area contributed by atoms with E-state index in [0.29, 0.717) is 0 Å². The summed E-state index contributed by atoms with van der Waals surface area (Å²) in [6.45, 7) is 0. The number of para-hydroxylation sites is 1. The summed E-state index contributed by atoms with van der Waals surface area (Å²) < 4.78 is 6.68. The molecule has 0 amide bonds. The highest BCUT2D eigenvalue weighted by molar-refractivity contribution is 7.45. The zero-order chi connectivity index (χ0) is 24.1. The van der Waals surface area contributed by atoms with Gasteiger partial charge in [0, 0.05) is 37.0 Å². The highest BCUT2D eigenvalue weighted by Crippen LogP contribution is 2.48. The van der Waals surface area contributed by atoms with Crippen molar-refractivity contribution in [2.75, 3.05) is 0 Å². The lowest BCUT2D eigenvalue weighted by molar-refractivity contribution is 1.21. The largest absolute Gasteiger partial charge is 0.307 e. The average Bonchev–Trinajstić information content (AvgIpc) is 3.60.